The van der Waals surface area contributed by atoms with E-state index in [4.69, 9.17) is 9.68 Å². The highest BCUT2D eigenvalue weighted by Crippen LogP contribution is 2.21. The summed E-state index contributed by atoms with van der Waals surface area (Å²) >= 11 is 0. The second-order valence-electron chi connectivity index (χ2n) is 3.42. The summed E-state index contributed by atoms with van der Waals surface area (Å²) in [6.45, 7) is 4.11. The lowest BCUT2D eigenvalue weighted by Crippen LogP contribution is -2.31. The largest absolute Gasteiger partial charge is 0.527 e. The summed E-state index contributed by atoms with van der Waals surface area (Å²) in [5.41, 5.74) is 2.88. The number of carbonyl (C=O) groups excluding carboxylic acids is 1. The van der Waals surface area contributed by atoms with Crippen LogP contribution in [-0.4, -0.2) is 43.6 Å². The highest BCUT2D eigenvalue weighted by Gasteiger charge is 2.39. The summed E-state index contributed by atoms with van der Waals surface area (Å²) in [7, 11) is 0. The number of carbonyl (C=O) groups is 1. The van der Waals surface area contributed by atoms with E-state index >= 15 is 0 Å². The molecule has 0 amide bonds. The van der Waals surface area contributed by atoms with E-state index in [1.54, 1.807) is 12.0 Å². The van der Waals surface area contributed by atoms with E-state index in [9.17, 15) is 4.79 Å². The zero-order chi connectivity index (χ0) is 9.97. The van der Waals surface area contributed by atoms with Crippen LogP contribution in [0.2, 0.25) is 0 Å². The van der Waals surface area contributed by atoms with Crippen LogP contribution in [0.5, 0.6) is 0 Å². The van der Waals surface area contributed by atoms with Gasteiger partial charge in [0, 0.05) is 12.5 Å². The lowest BCUT2D eigenvalue weighted by atomic mass is 10.1. The SMILES string of the molecule is CCOC(=O)ON1CC2CONC2C1. The molecule has 6 heteroatoms. The molecule has 80 valence electrons. The van der Waals surface area contributed by atoms with Crippen LogP contribution in [0.3, 0.4) is 0 Å². The van der Waals surface area contributed by atoms with Crippen molar-refractivity contribution in [3.8, 4) is 0 Å². The molecule has 0 saturated carbocycles. The van der Waals surface area contributed by atoms with Crippen molar-refractivity contribution < 1.29 is 19.2 Å². The summed E-state index contributed by atoms with van der Waals surface area (Å²) in [6, 6.07) is 0.268. The summed E-state index contributed by atoms with van der Waals surface area (Å²) < 4.78 is 4.67. The van der Waals surface area contributed by atoms with E-state index in [-0.39, 0.29) is 6.04 Å². The maximum Gasteiger partial charge on any atom is 0.527 e. The molecule has 1 N–H and O–H groups in total. The molecule has 0 spiro atoms. The normalized spacial score (nSPS) is 31.5. The first-order valence-electron chi connectivity index (χ1n) is 4.76. The molecule has 2 aliphatic rings. The third-order valence-corrected chi connectivity index (χ3v) is 2.41. The Morgan fingerprint density at radius 2 is 2.50 bits per heavy atom. The van der Waals surface area contributed by atoms with Crippen LogP contribution in [0, 0.1) is 5.92 Å². The first-order valence-corrected chi connectivity index (χ1v) is 4.76. The van der Waals surface area contributed by atoms with Gasteiger partial charge in [-0.15, -0.1) is 5.06 Å². The molecule has 2 rings (SSSR count). The predicted molar refractivity (Wildman–Crippen MR) is 46.0 cm³/mol. The van der Waals surface area contributed by atoms with E-state index < -0.39 is 6.16 Å². The van der Waals surface area contributed by atoms with Gasteiger partial charge in [0.1, 0.15) is 0 Å². The first kappa shape index (κ1) is 9.70. The van der Waals surface area contributed by atoms with Crippen LogP contribution in [-0.2, 0) is 14.4 Å². The maximum atomic E-state index is 11.0. The van der Waals surface area contributed by atoms with Crippen molar-refractivity contribution in [2.24, 2.45) is 5.92 Å². The van der Waals surface area contributed by atoms with Gasteiger partial charge in [-0.25, -0.2) is 4.79 Å². The molecule has 2 fully saturated rings. The Kier molecular flexibility index (Phi) is 2.85. The zero-order valence-corrected chi connectivity index (χ0v) is 8.06. The number of nitrogens with one attached hydrogen (secondary N) is 1. The van der Waals surface area contributed by atoms with Gasteiger partial charge in [0.05, 0.1) is 25.8 Å². The van der Waals surface area contributed by atoms with E-state index in [0.717, 1.165) is 0 Å². The summed E-state index contributed by atoms with van der Waals surface area (Å²) in [6.07, 6.45) is -0.631. The maximum absolute atomic E-state index is 11.0. The zero-order valence-electron chi connectivity index (χ0n) is 8.06. The Hall–Kier alpha value is -0.850. The lowest BCUT2D eigenvalue weighted by molar-refractivity contribution is -0.121. The lowest BCUT2D eigenvalue weighted by Gasteiger charge is -2.15. The Morgan fingerprint density at radius 3 is 3.21 bits per heavy atom. The third kappa shape index (κ3) is 1.97. The first-order chi connectivity index (χ1) is 6.79. The number of ether oxygens (including phenoxy) is 1. The van der Waals surface area contributed by atoms with Gasteiger partial charge in [-0.05, 0) is 6.92 Å². The minimum atomic E-state index is -0.631. The molecule has 0 aliphatic carbocycles. The average molecular weight is 202 g/mol. The fourth-order valence-electron chi connectivity index (χ4n) is 1.72. The Morgan fingerprint density at radius 1 is 1.64 bits per heavy atom. The number of rotatable bonds is 2. The van der Waals surface area contributed by atoms with Gasteiger partial charge in [-0.1, -0.05) is 0 Å². The Labute approximate surface area is 82.0 Å². The second kappa shape index (κ2) is 4.12. The van der Waals surface area contributed by atoms with Crippen molar-refractivity contribution in [3.05, 3.63) is 0 Å². The van der Waals surface area contributed by atoms with E-state index in [0.29, 0.717) is 32.2 Å². The second-order valence-corrected chi connectivity index (χ2v) is 3.42. The number of hydrogen-bond acceptors (Lipinski definition) is 6. The van der Waals surface area contributed by atoms with Crippen molar-refractivity contribution in [3.63, 3.8) is 0 Å². The summed E-state index contributed by atoms with van der Waals surface area (Å²) in [5, 5.41) is 1.61. The molecular weight excluding hydrogens is 188 g/mol. The summed E-state index contributed by atoms with van der Waals surface area (Å²) in [4.78, 5) is 21.0. The molecular formula is C8H14N2O4. The van der Waals surface area contributed by atoms with Crippen molar-refractivity contribution in [2.45, 2.75) is 13.0 Å². The average Bonchev–Trinajstić information content (AvgIpc) is 2.63. The molecule has 0 radical (unpaired) electrons. The fourth-order valence-corrected chi connectivity index (χ4v) is 1.72. The van der Waals surface area contributed by atoms with Gasteiger partial charge in [-0.2, -0.15) is 5.48 Å². The highest BCUT2D eigenvalue weighted by molar-refractivity contribution is 5.59. The molecule has 2 unspecified atom stereocenters. The number of nitrogens with zero attached hydrogens (tertiary/aromatic N) is 1. The molecule has 0 aromatic heterocycles. The van der Waals surface area contributed by atoms with Gasteiger partial charge in [-0.3, -0.25) is 0 Å². The fraction of sp³-hybridized carbons (Fsp3) is 0.875. The molecule has 2 heterocycles. The molecule has 14 heavy (non-hydrogen) atoms. The van der Waals surface area contributed by atoms with E-state index in [1.807, 2.05) is 0 Å². The van der Waals surface area contributed by atoms with Gasteiger partial charge >= 0.3 is 6.16 Å². The number of fused-ring (bicyclic) bond motifs is 1. The molecule has 0 aromatic rings. The van der Waals surface area contributed by atoms with E-state index in [2.05, 4.69) is 10.2 Å². The quantitative estimate of drug-likeness (QED) is 0.631. The van der Waals surface area contributed by atoms with Gasteiger partial charge < -0.3 is 14.4 Å². The van der Waals surface area contributed by atoms with E-state index in [1.165, 1.54) is 0 Å². The minimum absolute atomic E-state index is 0.268. The van der Waals surface area contributed by atoms with Gasteiger partial charge in [0.2, 0.25) is 0 Å². The topological polar surface area (TPSA) is 60.0 Å². The smallest absolute Gasteiger partial charge is 0.433 e. The number of hydroxylamine groups is 3. The molecule has 2 atom stereocenters. The van der Waals surface area contributed by atoms with Crippen LogP contribution in [0.25, 0.3) is 0 Å². The minimum Gasteiger partial charge on any atom is -0.433 e. The summed E-state index contributed by atoms with van der Waals surface area (Å²) in [5.74, 6) is 0.407. The Bertz CT molecular complexity index is 211. The molecule has 0 aromatic carbocycles. The van der Waals surface area contributed by atoms with Crippen molar-refractivity contribution in [1.29, 1.82) is 0 Å². The monoisotopic (exact) mass is 202 g/mol. The molecule has 2 saturated heterocycles. The van der Waals surface area contributed by atoms with Crippen LogP contribution < -0.4 is 5.48 Å². The van der Waals surface area contributed by atoms with Crippen LogP contribution >= 0.6 is 0 Å². The van der Waals surface area contributed by atoms with Crippen molar-refractivity contribution in [2.75, 3.05) is 26.3 Å². The molecule has 0 bridgehead atoms. The van der Waals surface area contributed by atoms with Gasteiger partial charge in [0.15, 0.2) is 0 Å². The molecule has 2 aliphatic heterocycles. The highest BCUT2D eigenvalue weighted by atomic mass is 16.8. The van der Waals surface area contributed by atoms with Crippen LogP contribution in [0.4, 0.5) is 4.79 Å². The van der Waals surface area contributed by atoms with Gasteiger partial charge in [0.25, 0.3) is 0 Å². The third-order valence-electron chi connectivity index (χ3n) is 2.41. The standard InChI is InChI=1S/C8H14N2O4/c1-2-12-8(11)14-10-3-6-5-13-9-7(6)4-10/h6-7,9H,2-5H2,1H3. The van der Waals surface area contributed by atoms with Crippen LogP contribution in [0.1, 0.15) is 6.92 Å². The Balaban J connectivity index is 1.76. The predicted octanol–water partition coefficient (Wildman–Crippen LogP) is -0.0903. The van der Waals surface area contributed by atoms with Crippen LogP contribution in [0.15, 0.2) is 0 Å². The molecule has 6 nitrogen and oxygen atoms in total. The van der Waals surface area contributed by atoms with Crippen molar-refractivity contribution in [1.82, 2.24) is 10.5 Å². The van der Waals surface area contributed by atoms with Crippen molar-refractivity contribution >= 4 is 6.16 Å². The number of hydrogen-bond donors (Lipinski definition) is 1.